The first-order valence-corrected chi connectivity index (χ1v) is 7.94. The minimum absolute atomic E-state index is 0.0470. The van der Waals surface area contributed by atoms with Gasteiger partial charge in [0, 0.05) is 13.0 Å². The second-order valence-electron chi connectivity index (χ2n) is 5.54. The molecule has 2 atom stereocenters. The summed E-state index contributed by atoms with van der Waals surface area (Å²) < 4.78 is 19.0. The Balaban J connectivity index is 1.94. The topological polar surface area (TPSA) is 75.6 Å². The van der Waals surface area contributed by atoms with Gasteiger partial charge in [-0.2, -0.15) is 0 Å². The van der Waals surface area contributed by atoms with E-state index in [4.69, 9.17) is 16.3 Å². The van der Waals surface area contributed by atoms with E-state index in [0.29, 0.717) is 13.0 Å². The van der Waals surface area contributed by atoms with Gasteiger partial charge in [0.1, 0.15) is 5.82 Å². The van der Waals surface area contributed by atoms with Crippen LogP contribution in [-0.2, 0) is 14.3 Å². The number of amides is 1. The van der Waals surface area contributed by atoms with Crippen molar-refractivity contribution in [2.45, 2.75) is 44.2 Å². The number of hydrogen-bond acceptors (Lipinski definition) is 3. The number of carbonyl (C=O) groups excluding carboxylic acids is 1. The van der Waals surface area contributed by atoms with Gasteiger partial charge < -0.3 is 15.2 Å². The molecule has 2 rings (SSSR count). The van der Waals surface area contributed by atoms with Crippen LogP contribution >= 0.6 is 11.6 Å². The molecular weight excluding hydrogens is 325 g/mol. The van der Waals surface area contributed by atoms with Gasteiger partial charge in [0.25, 0.3) is 0 Å². The van der Waals surface area contributed by atoms with Gasteiger partial charge in [-0.3, -0.25) is 4.79 Å². The molecule has 1 amide bonds. The summed E-state index contributed by atoms with van der Waals surface area (Å²) in [6, 6.07) is 2.37. The van der Waals surface area contributed by atoms with Gasteiger partial charge in [-0.1, -0.05) is 17.7 Å². The highest BCUT2D eigenvalue weighted by atomic mass is 35.5. The van der Waals surface area contributed by atoms with Crippen molar-refractivity contribution in [2.75, 3.05) is 6.61 Å². The molecule has 0 radical (unpaired) electrons. The molecule has 0 aromatic heterocycles. The maximum absolute atomic E-state index is 13.5. The number of benzene rings is 1. The van der Waals surface area contributed by atoms with Crippen LogP contribution in [0.2, 0.25) is 5.02 Å². The minimum Gasteiger partial charge on any atom is -0.479 e. The van der Waals surface area contributed by atoms with Crippen LogP contribution in [0.15, 0.2) is 18.2 Å². The van der Waals surface area contributed by atoms with Gasteiger partial charge in [0.15, 0.2) is 6.04 Å². The average molecular weight is 344 g/mol. The molecule has 23 heavy (non-hydrogen) atoms. The van der Waals surface area contributed by atoms with Gasteiger partial charge in [-0.15, -0.1) is 0 Å². The monoisotopic (exact) mass is 343 g/mol. The molecule has 0 spiro atoms. The van der Waals surface area contributed by atoms with Crippen LogP contribution < -0.4 is 5.32 Å². The summed E-state index contributed by atoms with van der Waals surface area (Å²) in [6.07, 6.45) is 3.79. The summed E-state index contributed by atoms with van der Waals surface area (Å²) in [5.41, 5.74) is 0.140. The third-order valence-electron chi connectivity index (χ3n) is 3.80. The van der Waals surface area contributed by atoms with E-state index in [1.54, 1.807) is 0 Å². The van der Waals surface area contributed by atoms with E-state index in [1.807, 2.05) is 0 Å². The smallest absolute Gasteiger partial charge is 0.330 e. The van der Waals surface area contributed by atoms with Crippen LogP contribution in [0, 0.1) is 5.82 Å². The maximum Gasteiger partial charge on any atom is 0.330 e. The van der Waals surface area contributed by atoms with Crippen LogP contribution in [0.3, 0.4) is 0 Å². The first-order chi connectivity index (χ1) is 11.0. The summed E-state index contributed by atoms with van der Waals surface area (Å²) in [5, 5.41) is 11.6. The van der Waals surface area contributed by atoms with Crippen molar-refractivity contribution in [3.8, 4) is 0 Å². The highest BCUT2D eigenvalue weighted by molar-refractivity contribution is 6.30. The second-order valence-corrected chi connectivity index (χ2v) is 5.95. The Bertz CT molecular complexity index is 575. The van der Waals surface area contributed by atoms with Crippen LogP contribution in [0.25, 0.3) is 0 Å². The summed E-state index contributed by atoms with van der Waals surface area (Å²) in [6.45, 7) is 0.702. The maximum atomic E-state index is 13.5. The van der Waals surface area contributed by atoms with Crippen molar-refractivity contribution in [1.82, 2.24) is 5.32 Å². The van der Waals surface area contributed by atoms with E-state index in [-0.39, 0.29) is 23.1 Å². The van der Waals surface area contributed by atoms with Crippen molar-refractivity contribution in [2.24, 2.45) is 0 Å². The second kappa shape index (κ2) is 8.26. The molecule has 0 bridgehead atoms. The third kappa shape index (κ3) is 5.18. The molecule has 5 nitrogen and oxygen atoms in total. The highest BCUT2D eigenvalue weighted by Gasteiger charge is 2.24. The molecule has 1 heterocycles. The quantitative estimate of drug-likeness (QED) is 0.832. The van der Waals surface area contributed by atoms with Gasteiger partial charge >= 0.3 is 5.97 Å². The predicted octanol–water partition coefficient (Wildman–Crippen LogP) is 3.07. The number of aliphatic carboxylic acids is 1. The number of carbonyl (C=O) groups is 2. The SMILES string of the molecule is O=C(CCC1CCCCO1)NC(C(=O)O)c1ccc(Cl)c(F)c1. The van der Waals surface area contributed by atoms with E-state index in [1.165, 1.54) is 12.1 Å². The zero-order valence-electron chi connectivity index (χ0n) is 12.6. The highest BCUT2D eigenvalue weighted by Crippen LogP contribution is 2.21. The van der Waals surface area contributed by atoms with Crippen molar-refractivity contribution in [3.05, 3.63) is 34.6 Å². The van der Waals surface area contributed by atoms with Gasteiger partial charge in [-0.25, -0.2) is 9.18 Å². The summed E-state index contributed by atoms with van der Waals surface area (Å²) in [5.74, 6) is -2.38. The predicted molar refractivity (Wildman–Crippen MR) is 82.8 cm³/mol. The van der Waals surface area contributed by atoms with E-state index in [2.05, 4.69) is 5.32 Å². The Hall–Kier alpha value is -1.66. The first kappa shape index (κ1) is 17.7. The lowest BCUT2D eigenvalue weighted by atomic mass is 10.0. The summed E-state index contributed by atoms with van der Waals surface area (Å²) in [4.78, 5) is 23.3. The van der Waals surface area contributed by atoms with Crippen molar-refractivity contribution in [3.63, 3.8) is 0 Å². The Kier molecular flexibility index (Phi) is 6.36. The van der Waals surface area contributed by atoms with Gasteiger partial charge in [-0.05, 0) is 43.4 Å². The largest absolute Gasteiger partial charge is 0.479 e. The third-order valence-corrected chi connectivity index (χ3v) is 4.10. The lowest BCUT2D eigenvalue weighted by Gasteiger charge is -2.22. The Morgan fingerprint density at radius 2 is 2.22 bits per heavy atom. The lowest BCUT2D eigenvalue weighted by molar-refractivity contribution is -0.142. The molecule has 7 heteroatoms. The zero-order valence-corrected chi connectivity index (χ0v) is 13.3. The molecular formula is C16H19ClFNO4. The van der Waals surface area contributed by atoms with E-state index in [9.17, 15) is 19.1 Å². The van der Waals surface area contributed by atoms with Crippen LogP contribution in [-0.4, -0.2) is 29.7 Å². The first-order valence-electron chi connectivity index (χ1n) is 7.56. The minimum atomic E-state index is -1.30. The molecule has 1 aliphatic rings. The standard InChI is InChI=1S/C16H19ClFNO4/c17-12-6-4-10(9-13(12)18)15(16(21)22)19-14(20)7-5-11-3-1-2-8-23-11/h4,6,9,11,15H,1-3,5,7-8H2,(H,19,20)(H,21,22). The van der Waals surface area contributed by atoms with E-state index < -0.39 is 23.7 Å². The fourth-order valence-corrected chi connectivity index (χ4v) is 2.66. The Morgan fingerprint density at radius 3 is 2.83 bits per heavy atom. The summed E-state index contributed by atoms with van der Waals surface area (Å²) in [7, 11) is 0. The number of carboxylic acid groups (broad SMARTS) is 1. The normalized spacial score (nSPS) is 19.1. The molecule has 1 aromatic carbocycles. The fraction of sp³-hybridized carbons (Fsp3) is 0.500. The van der Waals surface area contributed by atoms with Crippen molar-refractivity contribution < 1.29 is 23.8 Å². The summed E-state index contributed by atoms with van der Waals surface area (Å²) >= 11 is 5.58. The van der Waals surface area contributed by atoms with E-state index >= 15 is 0 Å². The number of carboxylic acids is 1. The number of rotatable bonds is 6. The Morgan fingerprint density at radius 1 is 1.43 bits per heavy atom. The van der Waals surface area contributed by atoms with E-state index in [0.717, 1.165) is 25.3 Å². The molecule has 2 N–H and O–H groups in total. The lowest BCUT2D eigenvalue weighted by Crippen LogP contribution is -2.34. The van der Waals surface area contributed by atoms with Crippen LogP contribution in [0.1, 0.15) is 43.7 Å². The van der Waals surface area contributed by atoms with Crippen molar-refractivity contribution in [1.29, 1.82) is 0 Å². The molecule has 0 aliphatic carbocycles. The number of hydrogen-bond donors (Lipinski definition) is 2. The fourth-order valence-electron chi connectivity index (χ4n) is 2.54. The number of halogens is 2. The average Bonchev–Trinajstić information content (AvgIpc) is 2.54. The molecule has 1 fully saturated rings. The number of ether oxygens (including phenoxy) is 1. The molecule has 126 valence electrons. The number of nitrogens with one attached hydrogen (secondary N) is 1. The van der Waals surface area contributed by atoms with Crippen LogP contribution in [0.4, 0.5) is 4.39 Å². The van der Waals surface area contributed by atoms with Gasteiger partial charge in [0.2, 0.25) is 5.91 Å². The zero-order chi connectivity index (χ0) is 16.8. The molecule has 1 saturated heterocycles. The molecule has 1 aliphatic heterocycles. The van der Waals surface area contributed by atoms with Crippen molar-refractivity contribution >= 4 is 23.5 Å². The molecule has 0 saturated carbocycles. The van der Waals surface area contributed by atoms with Gasteiger partial charge in [0.05, 0.1) is 11.1 Å². The molecule has 1 aromatic rings. The van der Waals surface area contributed by atoms with Crippen LogP contribution in [0.5, 0.6) is 0 Å². The molecule has 2 unspecified atom stereocenters. The Labute approximate surface area is 138 Å².